The molecule has 4 rings (SSSR count). The molecule has 170 valence electrons. The number of fused-ring (bicyclic) bond motifs is 5. The second-order valence-electron chi connectivity index (χ2n) is 11.8. The maximum absolute atomic E-state index is 11.5. The third kappa shape index (κ3) is 3.71. The summed E-state index contributed by atoms with van der Waals surface area (Å²) in [5, 5.41) is 9.13. The number of hydrogen-bond acceptors (Lipinski definition) is 3. The van der Waals surface area contributed by atoms with Gasteiger partial charge in [-0.05, 0) is 111 Å². The van der Waals surface area contributed by atoms with Crippen molar-refractivity contribution in [3.63, 3.8) is 0 Å². The molecule has 0 aliphatic heterocycles. The summed E-state index contributed by atoms with van der Waals surface area (Å²) in [4.78, 5) is 22.5. The first-order chi connectivity index (χ1) is 14.1. The van der Waals surface area contributed by atoms with Gasteiger partial charge in [0.25, 0.3) is 0 Å². The van der Waals surface area contributed by atoms with Gasteiger partial charge in [0.2, 0.25) is 0 Å². The Morgan fingerprint density at radius 3 is 2.40 bits per heavy atom. The molecule has 0 saturated heterocycles. The van der Waals surface area contributed by atoms with Crippen LogP contribution >= 0.6 is 0 Å². The van der Waals surface area contributed by atoms with Crippen molar-refractivity contribution in [3.8, 4) is 0 Å². The zero-order chi connectivity index (χ0) is 21.7. The third-order valence-electron chi connectivity index (χ3n) is 10.5. The smallest absolute Gasteiger partial charge is 0.303 e. The van der Waals surface area contributed by atoms with Gasteiger partial charge in [-0.2, -0.15) is 0 Å². The van der Waals surface area contributed by atoms with E-state index < -0.39 is 5.97 Å². The van der Waals surface area contributed by atoms with E-state index in [1.54, 1.807) is 6.92 Å². The largest absolute Gasteiger partial charge is 0.481 e. The van der Waals surface area contributed by atoms with Crippen LogP contribution in [0.4, 0.5) is 0 Å². The number of hydrogen-bond donors (Lipinski definition) is 1. The van der Waals surface area contributed by atoms with E-state index in [4.69, 9.17) is 9.84 Å². The van der Waals surface area contributed by atoms with Gasteiger partial charge in [-0.1, -0.05) is 20.8 Å². The highest BCUT2D eigenvalue weighted by atomic mass is 16.5. The van der Waals surface area contributed by atoms with Gasteiger partial charge in [-0.15, -0.1) is 0 Å². The SMILES string of the molecule is CC(=O)O[C@@H]1CC[C@@]2(C)[C@H](CC[C@@H]3[C@H]4CC[C@H]([C@H](C)CCC(=O)O)[C@@]4(C)CC[C@@H]32)C1. The number of carbonyl (C=O) groups excluding carboxylic acids is 1. The number of carboxylic acids is 1. The van der Waals surface area contributed by atoms with Crippen molar-refractivity contribution in [1.82, 2.24) is 0 Å². The highest BCUT2D eigenvalue weighted by Gasteiger charge is 2.60. The summed E-state index contributed by atoms with van der Waals surface area (Å²) < 4.78 is 5.61. The lowest BCUT2D eigenvalue weighted by atomic mass is 9.44. The van der Waals surface area contributed by atoms with Crippen LogP contribution < -0.4 is 0 Å². The van der Waals surface area contributed by atoms with Crippen molar-refractivity contribution in [2.75, 3.05) is 0 Å². The normalized spacial score (nSPS) is 46.3. The zero-order valence-corrected chi connectivity index (χ0v) is 19.5. The van der Waals surface area contributed by atoms with Crippen molar-refractivity contribution in [2.24, 2.45) is 46.3 Å². The average Bonchev–Trinajstić information content (AvgIpc) is 3.03. The summed E-state index contributed by atoms with van der Waals surface area (Å²) >= 11 is 0. The quantitative estimate of drug-likeness (QED) is 0.550. The maximum Gasteiger partial charge on any atom is 0.303 e. The van der Waals surface area contributed by atoms with Crippen LogP contribution in [0.25, 0.3) is 0 Å². The Labute approximate surface area is 182 Å². The number of carbonyl (C=O) groups is 2. The lowest BCUT2D eigenvalue weighted by Crippen LogP contribution is -2.54. The van der Waals surface area contributed by atoms with E-state index >= 15 is 0 Å². The molecule has 0 radical (unpaired) electrons. The van der Waals surface area contributed by atoms with Gasteiger partial charge >= 0.3 is 11.9 Å². The van der Waals surface area contributed by atoms with E-state index in [9.17, 15) is 9.59 Å². The molecule has 0 aromatic heterocycles. The second-order valence-corrected chi connectivity index (χ2v) is 11.8. The van der Waals surface area contributed by atoms with Gasteiger partial charge in [-0.3, -0.25) is 9.59 Å². The molecule has 9 atom stereocenters. The molecule has 1 N–H and O–H groups in total. The van der Waals surface area contributed by atoms with Crippen LogP contribution in [0, 0.1) is 46.3 Å². The Balaban J connectivity index is 1.47. The number of ether oxygens (including phenoxy) is 1. The molecule has 0 spiro atoms. The van der Waals surface area contributed by atoms with E-state index in [-0.39, 0.29) is 12.1 Å². The molecule has 0 unspecified atom stereocenters. The summed E-state index contributed by atoms with van der Waals surface area (Å²) in [6, 6.07) is 0. The fraction of sp³-hybridized carbons (Fsp3) is 0.923. The van der Waals surface area contributed by atoms with Crippen LogP contribution in [-0.4, -0.2) is 23.1 Å². The lowest BCUT2D eigenvalue weighted by molar-refractivity contribution is -0.160. The molecule has 0 bridgehead atoms. The summed E-state index contributed by atoms with van der Waals surface area (Å²) in [5.41, 5.74) is 0.811. The topological polar surface area (TPSA) is 63.6 Å². The molecular formula is C26H42O4. The molecule has 4 saturated carbocycles. The fourth-order valence-corrected chi connectivity index (χ4v) is 9.09. The molecule has 0 amide bonds. The number of rotatable bonds is 5. The van der Waals surface area contributed by atoms with Gasteiger partial charge in [-0.25, -0.2) is 0 Å². The van der Waals surface area contributed by atoms with Crippen molar-refractivity contribution in [3.05, 3.63) is 0 Å². The summed E-state index contributed by atoms with van der Waals surface area (Å²) in [6.45, 7) is 8.96. The van der Waals surface area contributed by atoms with Crippen molar-refractivity contribution < 1.29 is 19.4 Å². The van der Waals surface area contributed by atoms with Gasteiger partial charge in [0.05, 0.1) is 0 Å². The molecule has 4 heteroatoms. The predicted molar refractivity (Wildman–Crippen MR) is 117 cm³/mol. The van der Waals surface area contributed by atoms with Gasteiger partial charge < -0.3 is 9.84 Å². The van der Waals surface area contributed by atoms with Crippen LogP contribution in [-0.2, 0) is 14.3 Å². The Morgan fingerprint density at radius 1 is 1.00 bits per heavy atom. The standard InChI is InChI=1S/C26H42O4/c1-16(5-10-24(28)29)21-8-9-22-20-7-6-18-15-19(30-17(2)27)11-13-25(18,3)23(20)12-14-26(21,22)4/h16,18-23H,5-15H2,1-4H3,(H,28,29)/t16-,18-,19-,20-,21-,22-,23+,25+,26-/m1/s1. The van der Waals surface area contributed by atoms with Crippen molar-refractivity contribution >= 4 is 11.9 Å². The van der Waals surface area contributed by atoms with E-state index in [1.165, 1.54) is 44.9 Å². The molecule has 0 heterocycles. The molecular weight excluding hydrogens is 376 g/mol. The van der Waals surface area contributed by atoms with Crippen molar-refractivity contribution in [2.45, 2.75) is 104 Å². The van der Waals surface area contributed by atoms with E-state index in [1.807, 2.05) is 0 Å². The molecule has 0 aromatic carbocycles. The fourth-order valence-electron chi connectivity index (χ4n) is 9.09. The highest BCUT2D eigenvalue weighted by Crippen LogP contribution is 2.68. The van der Waals surface area contributed by atoms with Crippen LogP contribution in [0.2, 0.25) is 0 Å². The first-order valence-corrected chi connectivity index (χ1v) is 12.5. The lowest BCUT2D eigenvalue weighted by Gasteiger charge is -2.61. The van der Waals surface area contributed by atoms with Crippen LogP contribution in [0.3, 0.4) is 0 Å². The van der Waals surface area contributed by atoms with Crippen LogP contribution in [0.5, 0.6) is 0 Å². The minimum absolute atomic E-state index is 0.125. The van der Waals surface area contributed by atoms with Crippen LogP contribution in [0.1, 0.15) is 98.3 Å². The van der Waals surface area contributed by atoms with Gasteiger partial charge in [0.1, 0.15) is 6.10 Å². The second kappa shape index (κ2) is 8.13. The highest BCUT2D eigenvalue weighted by molar-refractivity contribution is 5.66. The minimum Gasteiger partial charge on any atom is -0.481 e. The van der Waals surface area contributed by atoms with E-state index in [0.29, 0.717) is 35.0 Å². The molecule has 0 aromatic rings. The Morgan fingerprint density at radius 2 is 1.70 bits per heavy atom. The average molecular weight is 419 g/mol. The summed E-state index contributed by atoms with van der Waals surface area (Å²) in [6.07, 6.45) is 12.5. The number of aliphatic carboxylic acids is 1. The number of esters is 1. The third-order valence-corrected chi connectivity index (χ3v) is 10.5. The molecule has 4 fully saturated rings. The maximum atomic E-state index is 11.5. The zero-order valence-electron chi connectivity index (χ0n) is 19.5. The molecule has 4 aliphatic rings. The Bertz CT molecular complexity index is 674. The number of carboxylic acid groups (broad SMARTS) is 1. The molecule has 4 aliphatic carbocycles. The summed E-state index contributed by atoms with van der Waals surface area (Å²) in [5.74, 6) is 3.60. The molecule has 30 heavy (non-hydrogen) atoms. The monoisotopic (exact) mass is 418 g/mol. The van der Waals surface area contributed by atoms with Crippen LogP contribution in [0.15, 0.2) is 0 Å². The first-order valence-electron chi connectivity index (χ1n) is 12.5. The minimum atomic E-state index is -0.652. The van der Waals surface area contributed by atoms with E-state index in [0.717, 1.165) is 37.0 Å². The first kappa shape index (κ1) is 22.1. The predicted octanol–water partition coefficient (Wildman–Crippen LogP) is 6.08. The van der Waals surface area contributed by atoms with Crippen molar-refractivity contribution in [1.29, 1.82) is 0 Å². The summed E-state index contributed by atoms with van der Waals surface area (Å²) in [7, 11) is 0. The Hall–Kier alpha value is -1.06. The van der Waals surface area contributed by atoms with E-state index in [2.05, 4.69) is 20.8 Å². The van der Waals surface area contributed by atoms with Gasteiger partial charge in [0, 0.05) is 13.3 Å². The van der Waals surface area contributed by atoms with Gasteiger partial charge in [0.15, 0.2) is 0 Å². The Kier molecular flexibility index (Phi) is 6.00. The molecule has 4 nitrogen and oxygen atoms in total.